The van der Waals surface area contributed by atoms with Gasteiger partial charge in [-0.1, -0.05) is 56.3 Å². The molecule has 4 saturated heterocycles. The molecule has 11 rings (SSSR count). The first-order chi connectivity index (χ1) is 36.4. The van der Waals surface area contributed by atoms with Gasteiger partial charge in [-0.3, -0.25) is 9.59 Å². The Labute approximate surface area is 437 Å². The van der Waals surface area contributed by atoms with Crippen LogP contribution in [0.1, 0.15) is 83.1 Å². The van der Waals surface area contributed by atoms with Crippen molar-refractivity contribution >= 4 is 29.3 Å². The lowest BCUT2D eigenvalue weighted by Crippen LogP contribution is -2.54. The zero-order valence-electron chi connectivity index (χ0n) is 42.9. The molecule has 1 aliphatic carbocycles. The summed E-state index contributed by atoms with van der Waals surface area (Å²) in [5.74, 6) is 1.15. The van der Waals surface area contributed by atoms with Gasteiger partial charge in [0.15, 0.2) is 11.6 Å². The number of carbonyl (C=O) groups excluding carboxylic acids is 2. The van der Waals surface area contributed by atoms with E-state index in [1.54, 1.807) is 54.6 Å². The largest absolute Gasteiger partial charge is 0.507 e. The van der Waals surface area contributed by atoms with Crippen LogP contribution in [-0.2, 0) is 14.4 Å². The highest BCUT2D eigenvalue weighted by Crippen LogP contribution is 2.42. The second-order valence-electron chi connectivity index (χ2n) is 21.8. The maximum absolute atomic E-state index is 14.4. The maximum atomic E-state index is 14.4. The Kier molecular flexibility index (Phi) is 14.3. The summed E-state index contributed by atoms with van der Waals surface area (Å²) in [5.41, 5.74) is 13.3. The Morgan fingerprint density at radius 1 is 0.840 bits per heavy atom. The van der Waals surface area contributed by atoms with Crippen LogP contribution in [0.3, 0.4) is 0 Å². The molecular weight excluding hydrogens is 954 g/mol. The van der Waals surface area contributed by atoms with E-state index in [4.69, 9.17) is 25.4 Å². The van der Waals surface area contributed by atoms with Crippen LogP contribution >= 0.6 is 0 Å². The molecule has 0 spiro atoms. The number of anilines is 3. The SMILES string of the molecule is CC(C)[C@@H](C(=O)N1C[C@H](O)C[C@H]1C(=O)NOc1ccc(-c2ccccc2F)cc1)C1=CC(C2CCC(N3CCC(c4cnc(N5C6CCC5CN(c5cc(-c7ccccc7O)nnc5N)C6)nc4)CC3)CC2)N(C)O1. The smallest absolute Gasteiger partial charge is 0.275 e. The number of phenols is 1. The molecule has 6 atom stereocenters. The summed E-state index contributed by atoms with van der Waals surface area (Å²) in [6.07, 6.45) is 14.0. The summed E-state index contributed by atoms with van der Waals surface area (Å²) in [4.78, 5) is 58.8. The lowest BCUT2D eigenvalue weighted by molar-refractivity contribution is -0.150. The van der Waals surface area contributed by atoms with E-state index < -0.39 is 24.0 Å². The summed E-state index contributed by atoms with van der Waals surface area (Å²) < 4.78 is 14.3. The number of nitrogens with one attached hydrogen (secondary N) is 1. The summed E-state index contributed by atoms with van der Waals surface area (Å²) in [6.45, 7) is 7.62. The van der Waals surface area contributed by atoms with Crippen molar-refractivity contribution in [3.05, 3.63) is 114 Å². The lowest BCUT2D eigenvalue weighted by Gasteiger charge is -2.42. The van der Waals surface area contributed by atoms with E-state index in [0.29, 0.717) is 57.6 Å². The summed E-state index contributed by atoms with van der Waals surface area (Å²) in [7, 11) is 1.94. The number of aromatic hydroxyl groups is 1. The van der Waals surface area contributed by atoms with Gasteiger partial charge in [-0.05, 0) is 136 Å². The second kappa shape index (κ2) is 21.4. The maximum Gasteiger partial charge on any atom is 0.275 e. The van der Waals surface area contributed by atoms with Crippen LogP contribution in [0.5, 0.6) is 11.5 Å². The molecule has 75 heavy (non-hydrogen) atoms. The van der Waals surface area contributed by atoms with Crippen molar-refractivity contribution in [1.29, 1.82) is 0 Å². The van der Waals surface area contributed by atoms with Crippen molar-refractivity contribution in [2.45, 2.75) is 114 Å². The van der Waals surface area contributed by atoms with E-state index in [2.05, 4.69) is 48.8 Å². The fourth-order valence-corrected chi connectivity index (χ4v) is 12.9. The highest BCUT2D eigenvalue weighted by molar-refractivity contribution is 5.90. The van der Waals surface area contributed by atoms with Crippen LogP contribution < -0.4 is 25.9 Å². The molecule has 3 unspecified atom stereocenters. The number of phenolic OH excluding ortho intramolecular Hbond substituents is 1. The Morgan fingerprint density at radius 3 is 2.19 bits per heavy atom. The number of aliphatic hydroxyl groups excluding tert-OH is 1. The molecule has 5 aliphatic heterocycles. The minimum absolute atomic E-state index is 0.0195. The zero-order chi connectivity index (χ0) is 51.9. The van der Waals surface area contributed by atoms with Gasteiger partial charge in [0.1, 0.15) is 29.3 Å². The standard InChI is InChI=1S/C57H68FN11O6/c1-34(2)53(56(73)68-33-42(70)26-50(68)55(72)64-74-43-20-14-36(15-21-43)44-8-4-6-10-46(44)58)52-28-48(65(3)75-52)37-12-16-39(17-13-37)66-24-22-35(23-25-66)38-29-60-57(61-30-38)69-40-18-19-41(69)32-67(31-40)49-27-47(62-63-54(49)59)45-9-5-7-11-51(45)71/h4-11,14-15,20-21,27-30,34-35,37,39-42,48,50,53,70-71H,12-13,16-19,22-26,31-33H2,1-3H3,(H2,59,63)(H,64,72)/t37?,39?,40?,41?,42-,48?,50+,53-/m1/s1. The molecule has 5 aromatic rings. The van der Waals surface area contributed by atoms with Gasteiger partial charge >= 0.3 is 0 Å². The Bertz CT molecular complexity index is 2860. The first-order valence-electron chi connectivity index (χ1n) is 26.8. The predicted molar refractivity (Wildman–Crippen MR) is 282 cm³/mol. The first kappa shape index (κ1) is 50.3. The van der Waals surface area contributed by atoms with Gasteiger partial charge < -0.3 is 45.2 Å². The van der Waals surface area contributed by atoms with Crippen molar-refractivity contribution < 1.29 is 33.9 Å². The summed E-state index contributed by atoms with van der Waals surface area (Å²) in [5, 5.41) is 31.7. The molecule has 18 heteroatoms. The van der Waals surface area contributed by atoms with Gasteiger partial charge in [-0.15, -0.1) is 15.3 Å². The molecule has 6 aliphatic rings. The van der Waals surface area contributed by atoms with Gasteiger partial charge in [0.05, 0.1) is 23.5 Å². The molecule has 2 aromatic heterocycles. The summed E-state index contributed by atoms with van der Waals surface area (Å²) in [6, 6.07) is 22.4. The zero-order valence-corrected chi connectivity index (χ0v) is 42.9. The molecule has 3 aromatic carbocycles. The van der Waals surface area contributed by atoms with E-state index >= 15 is 0 Å². The van der Waals surface area contributed by atoms with Crippen molar-refractivity contribution in [1.82, 2.24) is 40.5 Å². The van der Waals surface area contributed by atoms with Gasteiger partial charge in [0.2, 0.25) is 11.9 Å². The minimum Gasteiger partial charge on any atom is -0.507 e. The lowest BCUT2D eigenvalue weighted by atomic mass is 9.79. The van der Waals surface area contributed by atoms with Crippen molar-refractivity contribution in [2.24, 2.45) is 17.8 Å². The van der Waals surface area contributed by atoms with E-state index in [-0.39, 0.29) is 54.5 Å². The molecule has 2 amide bonds. The third kappa shape index (κ3) is 10.3. The number of aromatic nitrogens is 4. The van der Waals surface area contributed by atoms with Crippen LogP contribution in [0.4, 0.5) is 21.8 Å². The number of likely N-dealkylation sites (tertiary alicyclic amines) is 2. The van der Waals surface area contributed by atoms with Crippen LogP contribution in [-0.4, -0.2) is 133 Å². The van der Waals surface area contributed by atoms with Gasteiger partial charge in [-0.25, -0.2) is 14.4 Å². The van der Waals surface area contributed by atoms with Gasteiger partial charge in [-0.2, -0.15) is 5.48 Å². The monoisotopic (exact) mass is 1020 g/mol. The summed E-state index contributed by atoms with van der Waals surface area (Å²) >= 11 is 0. The van der Waals surface area contributed by atoms with Crippen LogP contribution in [0.25, 0.3) is 22.4 Å². The number of nitrogen functional groups attached to an aromatic ring is 1. The van der Waals surface area contributed by atoms with Crippen LogP contribution in [0.15, 0.2) is 103 Å². The molecule has 0 radical (unpaired) electrons. The molecule has 7 heterocycles. The normalized spacial score (nSPS) is 25.8. The number of benzene rings is 3. The molecule has 5 N–H and O–H groups in total. The number of β-amino-alcohol motifs (C(OH)–C–C–N with tert-alkyl or cyclic N) is 1. The van der Waals surface area contributed by atoms with Gasteiger partial charge in [0.25, 0.3) is 5.91 Å². The highest BCUT2D eigenvalue weighted by Gasteiger charge is 2.47. The Morgan fingerprint density at radius 2 is 1.51 bits per heavy atom. The molecular formula is C57H68FN11O6. The number of fused-ring (bicyclic) bond motifs is 2. The van der Waals surface area contributed by atoms with Crippen LogP contribution in [0, 0.1) is 23.6 Å². The Balaban J connectivity index is 0.654. The third-order valence-corrected chi connectivity index (χ3v) is 16.9. The number of nitrogens with two attached hydrogens (primary N) is 1. The first-order valence-corrected chi connectivity index (χ1v) is 26.8. The van der Waals surface area contributed by atoms with Crippen molar-refractivity contribution in [3.8, 4) is 33.9 Å². The Hall–Kier alpha value is -6.89. The number of halogens is 1. The number of likely N-dealkylation sites (N-methyl/N-ethyl adjacent to an activating group) is 1. The highest BCUT2D eigenvalue weighted by atomic mass is 19.1. The minimum atomic E-state index is -0.933. The van der Waals surface area contributed by atoms with Crippen molar-refractivity contribution in [2.75, 3.05) is 55.3 Å². The number of piperidine rings is 1. The number of hydrogen-bond acceptors (Lipinski definition) is 15. The second-order valence-corrected chi connectivity index (χ2v) is 21.8. The number of nitrogens with zero attached hydrogens (tertiary/aromatic N) is 9. The molecule has 5 fully saturated rings. The molecule has 17 nitrogen and oxygen atoms in total. The number of hydrogen-bond donors (Lipinski definition) is 4. The van der Waals surface area contributed by atoms with E-state index in [1.807, 2.05) is 44.2 Å². The number of aliphatic hydroxyl groups is 1. The fraction of sp³-hybridized carbons (Fsp3) is 0.474. The molecule has 394 valence electrons. The number of para-hydroxylation sites is 1. The van der Waals surface area contributed by atoms with Crippen molar-refractivity contribution in [3.63, 3.8) is 0 Å². The number of rotatable bonds is 13. The number of piperazine rings is 1. The average Bonchev–Trinajstić information content (AvgIpc) is 4.10. The number of amides is 2. The molecule has 2 bridgehead atoms. The predicted octanol–water partition coefficient (Wildman–Crippen LogP) is 7.10. The molecule has 1 saturated carbocycles. The quantitative estimate of drug-likeness (QED) is 0.0871. The number of hydroxylamine groups is 3. The van der Waals surface area contributed by atoms with E-state index in [0.717, 1.165) is 89.2 Å². The topological polar surface area (TPSA) is 199 Å². The van der Waals surface area contributed by atoms with Crippen LogP contribution in [0.2, 0.25) is 0 Å². The third-order valence-electron chi connectivity index (χ3n) is 16.9. The van der Waals surface area contributed by atoms with E-state index in [9.17, 15) is 24.2 Å². The van der Waals surface area contributed by atoms with Gasteiger partial charge in [0, 0.05) is 74.7 Å². The fourth-order valence-electron chi connectivity index (χ4n) is 12.9. The number of carbonyl (C=O) groups is 2. The van der Waals surface area contributed by atoms with E-state index in [1.165, 1.54) is 16.5 Å². The average molecular weight is 1020 g/mol.